The highest BCUT2D eigenvalue weighted by Crippen LogP contribution is 2.15. The van der Waals surface area contributed by atoms with Gasteiger partial charge in [-0.1, -0.05) is 37.3 Å². The van der Waals surface area contributed by atoms with Crippen LogP contribution in [0, 0.1) is 5.92 Å². The molecule has 2 atom stereocenters. The van der Waals surface area contributed by atoms with Gasteiger partial charge in [0, 0.05) is 6.42 Å². The van der Waals surface area contributed by atoms with Crippen molar-refractivity contribution in [2.75, 3.05) is 19.6 Å². The van der Waals surface area contributed by atoms with E-state index in [1.807, 2.05) is 37.3 Å². The molecule has 0 aromatic heterocycles. The van der Waals surface area contributed by atoms with Gasteiger partial charge in [-0.2, -0.15) is 0 Å². The van der Waals surface area contributed by atoms with Gasteiger partial charge >= 0.3 is 0 Å². The first kappa shape index (κ1) is 17.0. The zero-order valence-corrected chi connectivity index (χ0v) is 13.7. The Hall–Kier alpha value is -1.39. The lowest BCUT2D eigenvalue weighted by Crippen LogP contribution is -2.47. The molecule has 1 aromatic rings. The van der Waals surface area contributed by atoms with Crippen LogP contribution in [0.2, 0.25) is 0 Å². The lowest BCUT2D eigenvalue weighted by molar-refractivity contribution is -0.124. The van der Waals surface area contributed by atoms with Crippen molar-refractivity contribution in [3.05, 3.63) is 35.9 Å². The number of likely N-dealkylation sites (tertiary alicyclic amines) is 1. The molecule has 2 rings (SSSR count). The molecule has 0 spiro atoms. The fourth-order valence-electron chi connectivity index (χ4n) is 2.85. The van der Waals surface area contributed by atoms with Crippen LogP contribution < -0.4 is 5.32 Å². The number of rotatable bonds is 6. The third-order valence-corrected chi connectivity index (χ3v) is 4.50. The standard InChI is InChI=1S/C18H28N2O2/c1-14-8-10-20(11-9-14)13-18(22)19-15(2)17(21)12-16-6-4-3-5-7-16/h3-7,14-15,17,21H,8-13H2,1-2H3,(H,19,22). The molecule has 1 fully saturated rings. The minimum absolute atomic E-state index is 0.00849. The molecule has 0 bridgehead atoms. The fraction of sp³-hybridized carbons (Fsp3) is 0.611. The highest BCUT2D eigenvalue weighted by Gasteiger charge is 2.21. The maximum Gasteiger partial charge on any atom is 0.234 e. The van der Waals surface area contributed by atoms with Crippen LogP contribution in [0.4, 0.5) is 0 Å². The van der Waals surface area contributed by atoms with Crippen LogP contribution in [0.15, 0.2) is 30.3 Å². The molecule has 22 heavy (non-hydrogen) atoms. The van der Waals surface area contributed by atoms with Gasteiger partial charge in [-0.15, -0.1) is 0 Å². The summed E-state index contributed by atoms with van der Waals surface area (Å²) >= 11 is 0. The van der Waals surface area contributed by atoms with E-state index in [9.17, 15) is 9.90 Å². The summed E-state index contributed by atoms with van der Waals surface area (Å²) in [7, 11) is 0. The summed E-state index contributed by atoms with van der Waals surface area (Å²) in [6.45, 7) is 6.56. The Morgan fingerprint density at radius 1 is 1.32 bits per heavy atom. The van der Waals surface area contributed by atoms with Crippen molar-refractivity contribution in [3.8, 4) is 0 Å². The Morgan fingerprint density at radius 3 is 2.59 bits per heavy atom. The average molecular weight is 304 g/mol. The van der Waals surface area contributed by atoms with Crippen molar-refractivity contribution in [1.29, 1.82) is 0 Å². The van der Waals surface area contributed by atoms with Gasteiger partial charge in [0.2, 0.25) is 5.91 Å². The molecule has 1 amide bonds. The monoisotopic (exact) mass is 304 g/mol. The number of carbonyl (C=O) groups is 1. The van der Waals surface area contributed by atoms with Crippen LogP contribution in [0.5, 0.6) is 0 Å². The Bertz CT molecular complexity index is 455. The number of piperidine rings is 1. The number of aliphatic hydroxyl groups excluding tert-OH is 1. The van der Waals surface area contributed by atoms with E-state index in [1.54, 1.807) is 0 Å². The third kappa shape index (κ3) is 5.43. The number of benzene rings is 1. The SMILES string of the molecule is CC1CCN(CC(=O)NC(C)C(O)Cc2ccccc2)CC1. The maximum atomic E-state index is 12.1. The number of nitrogens with zero attached hydrogens (tertiary/aromatic N) is 1. The number of carbonyl (C=O) groups excluding carboxylic acids is 1. The van der Waals surface area contributed by atoms with Gasteiger partial charge in [-0.05, 0) is 44.3 Å². The minimum atomic E-state index is -0.562. The molecule has 0 saturated carbocycles. The normalized spacial score (nSPS) is 19.6. The van der Waals surface area contributed by atoms with Gasteiger partial charge < -0.3 is 10.4 Å². The van der Waals surface area contributed by atoms with Crippen molar-refractivity contribution >= 4 is 5.91 Å². The zero-order chi connectivity index (χ0) is 15.9. The number of amides is 1. The van der Waals surface area contributed by atoms with Crippen LogP contribution in [-0.4, -0.2) is 47.7 Å². The fourth-order valence-corrected chi connectivity index (χ4v) is 2.85. The smallest absolute Gasteiger partial charge is 0.234 e. The van der Waals surface area contributed by atoms with E-state index in [1.165, 1.54) is 12.8 Å². The molecule has 0 radical (unpaired) electrons. The molecule has 4 nitrogen and oxygen atoms in total. The molecule has 2 unspecified atom stereocenters. The Labute approximate surface area is 133 Å². The summed E-state index contributed by atoms with van der Waals surface area (Å²) in [6, 6.07) is 9.63. The van der Waals surface area contributed by atoms with E-state index in [-0.39, 0.29) is 11.9 Å². The Balaban J connectivity index is 1.73. The molecule has 122 valence electrons. The first-order valence-electron chi connectivity index (χ1n) is 8.28. The van der Waals surface area contributed by atoms with Crippen molar-refractivity contribution in [3.63, 3.8) is 0 Å². The molecule has 1 saturated heterocycles. The summed E-state index contributed by atoms with van der Waals surface area (Å²) < 4.78 is 0. The van der Waals surface area contributed by atoms with E-state index in [2.05, 4.69) is 17.1 Å². The minimum Gasteiger partial charge on any atom is -0.391 e. The van der Waals surface area contributed by atoms with Gasteiger partial charge in [0.1, 0.15) is 0 Å². The Kier molecular flexibility index (Phi) is 6.40. The summed E-state index contributed by atoms with van der Waals surface area (Å²) in [6.07, 6.45) is 2.33. The van der Waals surface area contributed by atoms with Crippen LogP contribution in [0.3, 0.4) is 0 Å². The lowest BCUT2D eigenvalue weighted by atomic mass is 9.99. The van der Waals surface area contributed by atoms with Crippen molar-refractivity contribution in [2.24, 2.45) is 5.92 Å². The molecule has 1 aliphatic rings. The number of hydrogen-bond donors (Lipinski definition) is 2. The second kappa shape index (κ2) is 8.30. The van der Waals surface area contributed by atoms with Gasteiger partial charge in [0.25, 0.3) is 0 Å². The number of hydrogen-bond acceptors (Lipinski definition) is 3. The number of nitrogens with one attached hydrogen (secondary N) is 1. The largest absolute Gasteiger partial charge is 0.391 e. The predicted molar refractivity (Wildman–Crippen MR) is 88.6 cm³/mol. The van der Waals surface area contributed by atoms with Crippen LogP contribution in [-0.2, 0) is 11.2 Å². The van der Waals surface area contributed by atoms with E-state index in [0.29, 0.717) is 13.0 Å². The lowest BCUT2D eigenvalue weighted by Gasteiger charge is -2.30. The summed E-state index contributed by atoms with van der Waals surface area (Å²) in [4.78, 5) is 14.3. The molecule has 1 aromatic carbocycles. The molecule has 1 heterocycles. The third-order valence-electron chi connectivity index (χ3n) is 4.50. The highest BCUT2D eigenvalue weighted by atomic mass is 16.3. The van der Waals surface area contributed by atoms with Crippen molar-refractivity contribution in [1.82, 2.24) is 10.2 Å². The van der Waals surface area contributed by atoms with E-state index < -0.39 is 6.10 Å². The predicted octanol–water partition coefficient (Wildman–Crippen LogP) is 1.83. The van der Waals surface area contributed by atoms with Crippen molar-refractivity contribution in [2.45, 2.75) is 45.3 Å². The highest BCUT2D eigenvalue weighted by molar-refractivity contribution is 5.78. The second-order valence-electron chi connectivity index (χ2n) is 6.57. The first-order chi connectivity index (χ1) is 10.5. The average Bonchev–Trinajstić information content (AvgIpc) is 2.50. The quantitative estimate of drug-likeness (QED) is 0.843. The van der Waals surface area contributed by atoms with Gasteiger partial charge in [0.05, 0.1) is 18.7 Å². The maximum absolute atomic E-state index is 12.1. The first-order valence-corrected chi connectivity index (χ1v) is 8.28. The summed E-state index contributed by atoms with van der Waals surface area (Å²) in [5.74, 6) is 0.778. The molecular formula is C18H28N2O2. The van der Waals surface area contributed by atoms with Gasteiger partial charge in [0.15, 0.2) is 0 Å². The van der Waals surface area contributed by atoms with Gasteiger partial charge in [-0.3, -0.25) is 9.69 Å². The molecule has 1 aliphatic heterocycles. The van der Waals surface area contributed by atoms with E-state index >= 15 is 0 Å². The van der Waals surface area contributed by atoms with Crippen LogP contribution >= 0.6 is 0 Å². The van der Waals surface area contributed by atoms with Crippen molar-refractivity contribution < 1.29 is 9.90 Å². The van der Waals surface area contributed by atoms with E-state index in [0.717, 1.165) is 24.6 Å². The topological polar surface area (TPSA) is 52.6 Å². The van der Waals surface area contributed by atoms with Crippen LogP contribution in [0.1, 0.15) is 32.3 Å². The summed E-state index contributed by atoms with van der Waals surface area (Å²) in [5, 5.41) is 13.2. The number of aliphatic hydroxyl groups is 1. The molecule has 4 heteroatoms. The van der Waals surface area contributed by atoms with Crippen LogP contribution in [0.25, 0.3) is 0 Å². The zero-order valence-electron chi connectivity index (χ0n) is 13.7. The molecular weight excluding hydrogens is 276 g/mol. The van der Waals surface area contributed by atoms with E-state index in [4.69, 9.17) is 0 Å². The Morgan fingerprint density at radius 2 is 1.95 bits per heavy atom. The van der Waals surface area contributed by atoms with Gasteiger partial charge in [-0.25, -0.2) is 0 Å². The molecule has 2 N–H and O–H groups in total. The summed E-state index contributed by atoms with van der Waals surface area (Å²) in [5.41, 5.74) is 1.08. The second-order valence-corrected chi connectivity index (χ2v) is 6.57. The molecule has 0 aliphatic carbocycles.